The number of carbonyl (C=O) groups is 1. The monoisotopic (exact) mass is 398 g/mol. The first kappa shape index (κ1) is 17.3. The van der Waals surface area contributed by atoms with Crippen LogP contribution >= 0.6 is 46.4 Å². The number of benzene rings is 2. The molecule has 3 rings (SSSR count). The van der Waals surface area contributed by atoms with E-state index in [1.54, 1.807) is 6.07 Å². The first-order chi connectivity index (χ1) is 11.4. The molecule has 0 radical (unpaired) electrons. The van der Waals surface area contributed by atoms with Crippen molar-refractivity contribution >= 4 is 68.9 Å². The summed E-state index contributed by atoms with van der Waals surface area (Å²) >= 11 is 24.0. The van der Waals surface area contributed by atoms with Crippen molar-refractivity contribution < 1.29 is 4.79 Å². The van der Waals surface area contributed by atoms with Gasteiger partial charge < -0.3 is 5.32 Å². The number of hydrogen-bond acceptors (Lipinski definition) is 2. The summed E-state index contributed by atoms with van der Waals surface area (Å²) in [6.07, 6.45) is 0. The second-order valence-electron chi connectivity index (χ2n) is 5.13. The van der Waals surface area contributed by atoms with Crippen LogP contribution in [0.5, 0.6) is 0 Å². The van der Waals surface area contributed by atoms with Crippen LogP contribution < -0.4 is 5.32 Å². The third-order valence-corrected chi connectivity index (χ3v) is 5.21. The zero-order chi connectivity index (χ0) is 17.4. The average molecular weight is 400 g/mol. The molecule has 24 heavy (non-hydrogen) atoms. The Morgan fingerprint density at radius 3 is 2.50 bits per heavy atom. The summed E-state index contributed by atoms with van der Waals surface area (Å²) in [5.41, 5.74) is 2.24. The number of nitrogens with one attached hydrogen (secondary N) is 1. The number of fused-ring (bicyclic) bond motifs is 1. The molecule has 0 aliphatic heterocycles. The van der Waals surface area contributed by atoms with Crippen LogP contribution in [0.4, 0.5) is 5.69 Å². The SMILES string of the molecule is Cc1ccc2cccc(NC(=O)c3cc(Cl)c(Cl)c(Cl)c3Cl)c2n1. The van der Waals surface area contributed by atoms with Crippen LogP contribution in [0, 0.1) is 6.92 Å². The number of aromatic nitrogens is 1. The zero-order valence-electron chi connectivity index (χ0n) is 12.3. The number of rotatable bonds is 2. The quantitative estimate of drug-likeness (QED) is 0.399. The minimum Gasteiger partial charge on any atom is -0.320 e. The Morgan fingerprint density at radius 1 is 1.00 bits per heavy atom. The van der Waals surface area contributed by atoms with Crippen molar-refractivity contribution in [3.63, 3.8) is 0 Å². The highest BCUT2D eigenvalue weighted by Gasteiger charge is 2.19. The third kappa shape index (κ3) is 3.17. The highest BCUT2D eigenvalue weighted by molar-refractivity contribution is 6.52. The van der Waals surface area contributed by atoms with Crippen LogP contribution in [-0.4, -0.2) is 10.9 Å². The number of aryl methyl sites for hydroxylation is 1. The number of halogens is 4. The predicted octanol–water partition coefficient (Wildman–Crippen LogP) is 6.41. The Hall–Kier alpha value is -1.52. The van der Waals surface area contributed by atoms with Crippen molar-refractivity contribution in [1.82, 2.24) is 4.98 Å². The predicted molar refractivity (Wildman–Crippen MR) is 101 cm³/mol. The van der Waals surface area contributed by atoms with Crippen LogP contribution in [0.1, 0.15) is 16.1 Å². The van der Waals surface area contributed by atoms with Gasteiger partial charge in [0.15, 0.2) is 0 Å². The van der Waals surface area contributed by atoms with E-state index >= 15 is 0 Å². The topological polar surface area (TPSA) is 42.0 Å². The molecule has 7 heteroatoms. The highest BCUT2D eigenvalue weighted by Crippen LogP contribution is 2.38. The van der Waals surface area contributed by atoms with Crippen molar-refractivity contribution in [2.45, 2.75) is 6.92 Å². The number of pyridine rings is 1. The molecule has 0 bridgehead atoms. The molecule has 0 unspecified atom stereocenters. The Kier molecular flexibility index (Phi) is 4.88. The molecule has 1 amide bonds. The van der Waals surface area contributed by atoms with E-state index in [1.165, 1.54) is 6.07 Å². The second kappa shape index (κ2) is 6.77. The van der Waals surface area contributed by atoms with Crippen LogP contribution in [-0.2, 0) is 0 Å². The molecule has 0 atom stereocenters. The normalized spacial score (nSPS) is 10.9. The van der Waals surface area contributed by atoms with Crippen LogP contribution in [0.25, 0.3) is 10.9 Å². The van der Waals surface area contributed by atoms with Gasteiger partial charge in [-0.15, -0.1) is 0 Å². The van der Waals surface area contributed by atoms with E-state index in [0.717, 1.165) is 11.1 Å². The van der Waals surface area contributed by atoms with Gasteiger partial charge in [-0.05, 0) is 25.1 Å². The largest absolute Gasteiger partial charge is 0.320 e. The first-order valence-corrected chi connectivity index (χ1v) is 8.40. The molecule has 0 saturated heterocycles. The zero-order valence-corrected chi connectivity index (χ0v) is 15.4. The number of carbonyl (C=O) groups excluding carboxylic acids is 1. The summed E-state index contributed by atoms with van der Waals surface area (Å²) in [6.45, 7) is 1.88. The fraction of sp³-hybridized carbons (Fsp3) is 0.0588. The van der Waals surface area contributed by atoms with E-state index in [0.29, 0.717) is 11.2 Å². The van der Waals surface area contributed by atoms with Gasteiger partial charge in [-0.25, -0.2) is 0 Å². The molecule has 0 fully saturated rings. The van der Waals surface area contributed by atoms with Crippen LogP contribution in [0.15, 0.2) is 36.4 Å². The lowest BCUT2D eigenvalue weighted by Crippen LogP contribution is -2.13. The van der Waals surface area contributed by atoms with E-state index in [9.17, 15) is 4.79 Å². The van der Waals surface area contributed by atoms with Gasteiger partial charge in [-0.3, -0.25) is 9.78 Å². The molecule has 1 heterocycles. The van der Waals surface area contributed by atoms with Crippen molar-refractivity contribution in [2.24, 2.45) is 0 Å². The summed E-state index contributed by atoms with van der Waals surface area (Å²) in [7, 11) is 0. The second-order valence-corrected chi connectivity index (χ2v) is 6.67. The molecule has 1 N–H and O–H groups in total. The first-order valence-electron chi connectivity index (χ1n) is 6.89. The summed E-state index contributed by atoms with van der Waals surface area (Å²) in [4.78, 5) is 17.1. The number of nitrogens with zero attached hydrogens (tertiary/aromatic N) is 1. The fourth-order valence-corrected chi connectivity index (χ4v) is 3.16. The van der Waals surface area contributed by atoms with Crippen molar-refractivity contribution in [3.8, 4) is 0 Å². The number of hydrogen-bond donors (Lipinski definition) is 1. The molecule has 122 valence electrons. The standard InChI is InChI=1S/C17H10Cl4N2O/c1-8-5-6-9-3-2-4-12(16(9)22-8)23-17(24)10-7-11(18)14(20)15(21)13(10)19/h2-7H,1H3,(H,23,24). The fourth-order valence-electron chi connectivity index (χ4n) is 2.27. The van der Waals surface area contributed by atoms with Gasteiger partial charge >= 0.3 is 0 Å². The molecule has 3 nitrogen and oxygen atoms in total. The van der Waals surface area contributed by atoms with E-state index in [-0.39, 0.29) is 25.7 Å². The van der Waals surface area contributed by atoms with E-state index < -0.39 is 5.91 Å². The number of anilines is 1. The summed E-state index contributed by atoms with van der Waals surface area (Å²) in [6, 6.07) is 10.7. The van der Waals surface area contributed by atoms with Crippen LogP contribution in [0.2, 0.25) is 20.1 Å². The molecular weight excluding hydrogens is 390 g/mol. The lowest BCUT2D eigenvalue weighted by atomic mass is 10.1. The maximum atomic E-state index is 12.6. The van der Waals surface area contributed by atoms with Crippen LogP contribution in [0.3, 0.4) is 0 Å². The van der Waals surface area contributed by atoms with Gasteiger partial charge in [0.05, 0.1) is 36.9 Å². The molecule has 2 aromatic carbocycles. The minimum atomic E-state index is -0.448. The lowest BCUT2D eigenvalue weighted by Gasteiger charge is -2.11. The third-order valence-electron chi connectivity index (χ3n) is 3.45. The molecule has 1 aromatic heterocycles. The maximum absolute atomic E-state index is 12.6. The number of amides is 1. The van der Waals surface area contributed by atoms with E-state index in [4.69, 9.17) is 46.4 Å². The summed E-state index contributed by atoms with van der Waals surface area (Å²) in [5, 5.41) is 4.07. The molecule has 0 aliphatic carbocycles. The smallest absolute Gasteiger partial charge is 0.257 e. The molecular formula is C17H10Cl4N2O. The Bertz CT molecular complexity index is 972. The molecule has 0 spiro atoms. The maximum Gasteiger partial charge on any atom is 0.257 e. The Labute approximate surface area is 158 Å². The van der Waals surface area contributed by atoms with Crippen molar-refractivity contribution in [2.75, 3.05) is 5.32 Å². The number of para-hydroxylation sites is 1. The van der Waals surface area contributed by atoms with Gasteiger partial charge in [0.1, 0.15) is 0 Å². The van der Waals surface area contributed by atoms with Gasteiger partial charge in [0.25, 0.3) is 5.91 Å². The minimum absolute atomic E-state index is 0.0443. The summed E-state index contributed by atoms with van der Waals surface area (Å²) in [5.74, 6) is -0.448. The van der Waals surface area contributed by atoms with Gasteiger partial charge in [0, 0.05) is 11.1 Å². The van der Waals surface area contributed by atoms with E-state index in [1.807, 2.05) is 31.2 Å². The van der Waals surface area contributed by atoms with Crippen molar-refractivity contribution in [1.29, 1.82) is 0 Å². The van der Waals surface area contributed by atoms with Crippen molar-refractivity contribution in [3.05, 3.63) is 67.7 Å². The Balaban J connectivity index is 2.04. The van der Waals surface area contributed by atoms with Gasteiger partial charge in [-0.2, -0.15) is 0 Å². The van der Waals surface area contributed by atoms with E-state index in [2.05, 4.69) is 10.3 Å². The highest BCUT2D eigenvalue weighted by atomic mass is 35.5. The molecule has 0 saturated carbocycles. The summed E-state index contributed by atoms with van der Waals surface area (Å²) < 4.78 is 0. The lowest BCUT2D eigenvalue weighted by molar-refractivity contribution is 0.102. The average Bonchev–Trinajstić information content (AvgIpc) is 2.56. The van der Waals surface area contributed by atoms with Gasteiger partial charge in [0.2, 0.25) is 0 Å². The van der Waals surface area contributed by atoms with Gasteiger partial charge in [-0.1, -0.05) is 64.6 Å². The molecule has 3 aromatic rings. The Morgan fingerprint density at radius 2 is 1.75 bits per heavy atom. The molecule has 0 aliphatic rings.